The van der Waals surface area contributed by atoms with Crippen LogP contribution in [-0.2, 0) is 26.8 Å². The van der Waals surface area contributed by atoms with Crippen LogP contribution in [0.25, 0.3) is 11.2 Å². The van der Waals surface area contributed by atoms with Crippen LogP contribution in [0.15, 0.2) is 29.8 Å². The lowest BCUT2D eigenvalue weighted by molar-refractivity contribution is 0.0873. The van der Waals surface area contributed by atoms with E-state index in [2.05, 4.69) is 41.9 Å². The van der Waals surface area contributed by atoms with Crippen molar-refractivity contribution in [2.24, 2.45) is 16.8 Å². The van der Waals surface area contributed by atoms with Crippen molar-refractivity contribution in [2.45, 2.75) is 12.5 Å². The Bertz CT molecular complexity index is 1210. The number of imidazole rings is 1. The van der Waals surface area contributed by atoms with Gasteiger partial charge in [-0.1, -0.05) is 6.58 Å². The molecule has 182 valence electrons. The topological polar surface area (TPSA) is 242 Å². The minimum Gasteiger partial charge on any atom is -0.382 e. The number of nitrogens with two attached hydrogens (primary N) is 1. The highest BCUT2D eigenvalue weighted by Crippen LogP contribution is 2.66. The number of hydrogen-bond acceptors (Lipinski definition) is 11. The van der Waals surface area contributed by atoms with Crippen molar-refractivity contribution >= 4 is 47.2 Å². The summed E-state index contributed by atoms with van der Waals surface area (Å²) in [6.07, 6.45) is 3.26. The number of aromatic nitrogens is 4. The molecule has 0 radical (unpaired) electrons. The summed E-state index contributed by atoms with van der Waals surface area (Å²) in [6.45, 7) is 7.32. The van der Waals surface area contributed by atoms with E-state index in [0.29, 0.717) is 29.7 Å². The molecule has 1 saturated carbocycles. The quantitative estimate of drug-likeness (QED) is 0.157. The van der Waals surface area contributed by atoms with Crippen molar-refractivity contribution in [1.29, 1.82) is 0 Å². The third-order valence-electron chi connectivity index (χ3n) is 4.92. The number of nitrogen functional groups attached to an aromatic ring is 1. The third-order valence-corrected chi connectivity index (χ3v) is 8.72. The van der Waals surface area contributed by atoms with Gasteiger partial charge in [-0.2, -0.15) is 8.62 Å². The van der Waals surface area contributed by atoms with Crippen molar-refractivity contribution in [3.8, 4) is 0 Å². The molecule has 0 spiro atoms. The second-order valence-corrected chi connectivity index (χ2v) is 11.4. The Morgan fingerprint density at radius 1 is 1.12 bits per heavy atom. The Morgan fingerprint density at radius 3 is 2.45 bits per heavy atom. The summed E-state index contributed by atoms with van der Waals surface area (Å²) in [7, 11) is -16.3. The average Bonchev–Trinajstić information content (AvgIpc) is 3.06. The summed E-state index contributed by atoms with van der Waals surface area (Å²) in [5, 5.41) is 0. The third kappa shape index (κ3) is 6.00. The maximum Gasteiger partial charge on any atom is 0.490 e. The molecule has 16 nitrogen and oxygen atoms in total. The van der Waals surface area contributed by atoms with E-state index in [9.17, 15) is 23.5 Å². The molecule has 1 fully saturated rings. The Labute approximate surface area is 186 Å². The Hall–Kier alpha value is -1.83. The Kier molecular flexibility index (Phi) is 7.37. The van der Waals surface area contributed by atoms with Crippen LogP contribution in [0, 0.1) is 11.8 Å². The van der Waals surface area contributed by atoms with Gasteiger partial charge in [-0.3, -0.25) is 4.52 Å². The number of rotatable bonds is 11. The summed E-state index contributed by atoms with van der Waals surface area (Å²) in [4.78, 5) is 52.3. The predicted octanol–water partition coefficient (Wildman–Crippen LogP) is 1.19. The molecule has 0 aliphatic heterocycles. The first kappa shape index (κ1) is 25.8. The molecule has 2 aromatic rings. The second-order valence-electron chi connectivity index (χ2n) is 7.00. The van der Waals surface area contributed by atoms with E-state index in [-0.39, 0.29) is 17.8 Å². The van der Waals surface area contributed by atoms with Crippen LogP contribution in [0.5, 0.6) is 0 Å². The van der Waals surface area contributed by atoms with Gasteiger partial charge < -0.3 is 34.9 Å². The fourth-order valence-corrected chi connectivity index (χ4v) is 6.68. The van der Waals surface area contributed by atoms with Gasteiger partial charge in [0.05, 0.1) is 19.0 Å². The summed E-state index contributed by atoms with van der Waals surface area (Å²) >= 11 is 0. The molecule has 19 heteroatoms. The van der Waals surface area contributed by atoms with Crippen LogP contribution in [0.3, 0.4) is 0 Å². The zero-order valence-electron chi connectivity index (χ0n) is 16.8. The van der Waals surface area contributed by atoms with Gasteiger partial charge in [0.1, 0.15) is 11.8 Å². The molecule has 0 aromatic carbocycles. The molecule has 2 unspecified atom stereocenters. The molecule has 2 aromatic heterocycles. The van der Waals surface area contributed by atoms with Gasteiger partial charge in [-0.05, 0) is 24.6 Å². The highest BCUT2D eigenvalue weighted by molar-refractivity contribution is 7.66. The van der Waals surface area contributed by atoms with Crippen LogP contribution in [0.4, 0.5) is 5.82 Å². The molecule has 2 heterocycles. The van der Waals surface area contributed by atoms with E-state index in [1.165, 1.54) is 12.7 Å². The van der Waals surface area contributed by atoms with Crippen molar-refractivity contribution in [3.05, 3.63) is 24.8 Å². The SMILES string of the molecule is C=NCC[C@H]1[C@H](n2cnc3c(N)ncnc32)C(=C)[C@@H]1COP(=O)(O)OP(=O)(O)OP(=O)(O)O. The molecule has 1 aliphatic carbocycles. The number of phosphoric ester groups is 1. The van der Waals surface area contributed by atoms with Crippen molar-refractivity contribution in [3.63, 3.8) is 0 Å². The number of nitrogens with zero attached hydrogens (tertiary/aromatic N) is 5. The number of hydrogen-bond donors (Lipinski definition) is 5. The standard InChI is InChI=1S/C14H21N6O10P3/c1-8-10(5-28-32(24,25)30-33(26,27)29-31(21,22)23)9(3-4-16-2)12(8)20-7-19-11-13(15)17-6-18-14(11)20/h6-7,9-10,12H,1-5H2,(H,24,25)(H,26,27)(H2,15,17,18)(H2,21,22,23)/t9-,10+,12-/m1/s1. The fourth-order valence-electron chi connectivity index (χ4n) is 3.64. The molecule has 6 N–H and O–H groups in total. The lowest BCUT2D eigenvalue weighted by Gasteiger charge is -2.47. The van der Waals surface area contributed by atoms with E-state index < -0.39 is 36.0 Å². The summed E-state index contributed by atoms with van der Waals surface area (Å²) < 4.78 is 48.2. The predicted molar refractivity (Wildman–Crippen MR) is 114 cm³/mol. The van der Waals surface area contributed by atoms with E-state index in [4.69, 9.17) is 20.0 Å². The largest absolute Gasteiger partial charge is 0.490 e. The van der Waals surface area contributed by atoms with Gasteiger partial charge >= 0.3 is 23.5 Å². The smallest absolute Gasteiger partial charge is 0.382 e. The maximum absolute atomic E-state index is 12.1. The molecule has 33 heavy (non-hydrogen) atoms. The van der Waals surface area contributed by atoms with Crippen LogP contribution < -0.4 is 5.73 Å². The summed E-state index contributed by atoms with van der Waals surface area (Å²) in [5.41, 5.74) is 7.24. The number of anilines is 1. The highest BCUT2D eigenvalue weighted by Gasteiger charge is 2.48. The average molecular weight is 526 g/mol. The molecule has 5 atom stereocenters. The van der Waals surface area contributed by atoms with Gasteiger partial charge in [-0.25, -0.2) is 28.6 Å². The molecule has 3 rings (SSSR count). The van der Waals surface area contributed by atoms with Gasteiger partial charge in [0, 0.05) is 12.5 Å². The van der Waals surface area contributed by atoms with Gasteiger partial charge in [0.2, 0.25) is 0 Å². The highest BCUT2D eigenvalue weighted by atomic mass is 31.3. The number of phosphoric acid groups is 3. The monoisotopic (exact) mass is 526 g/mol. The van der Waals surface area contributed by atoms with Crippen molar-refractivity contribution < 1.29 is 46.4 Å². The fraction of sp³-hybridized carbons (Fsp3) is 0.429. The lowest BCUT2D eigenvalue weighted by atomic mass is 9.64. The lowest BCUT2D eigenvalue weighted by Crippen LogP contribution is -2.43. The van der Waals surface area contributed by atoms with Crippen LogP contribution in [0.2, 0.25) is 0 Å². The first-order valence-corrected chi connectivity index (χ1v) is 13.6. The van der Waals surface area contributed by atoms with Crippen molar-refractivity contribution in [2.75, 3.05) is 18.9 Å². The number of aliphatic imine (C=N–C) groups is 1. The summed E-state index contributed by atoms with van der Waals surface area (Å²) in [6, 6.07) is -0.347. The summed E-state index contributed by atoms with van der Waals surface area (Å²) in [5.74, 6) is -0.570. The minimum atomic E-state index is -5.60. The minimum absolute atomic E-state index is 0.192. The van der Waals surface area contributed by atoms with E-state index >= 15 is 0 Å². The first-order chi connectivity index (χ1) is 15.2. The zero-order chi connectivity index (χ0) is 24.6. The van der Waals surface area contributed by atoms with Crippen molar-refractivity contribution in [1.82, 2.24) is 19.5 Å². The maximum atomic E-state index is 12.1. The normalized spacial score (nSPS) is 24.7. The Balaban J connectivity index is 1.75. The molecule has 0 saturated heterocycles. The van der Waals surface area contributed by atoms with Crippen LogP contribution in [0.1, 0.15) is 12.5 Å². The van der Waals surface area contributed by atoms with Crippen LogP contribution in [-0.4, -0.2) is 59.0 Å². The van der Waals surface area contributed by atoms with E-state index in [1.807, 2.05) is 0 Å². The Morgan fingerprint density at radius 2 is 1.82 bits per heavy atom. The molecule has 1 aliphatic rings. The van der Waals surface area contributed by atoms with Crippen LogP contribution >= 0.6 is 23.5 Å². The van der Waals surface area contributed by atoms with E-state index in [0.717, 1.165) is 0 Å². The molecule has 0 bridgehead atoms. The van der Waals surface area contributed by atoms with Gasteiger partial charge in [0.25, 0.3) is 0 Å². The first-order valence-electron chi connectivity index (χ1n) is 9.07. The van der Waals surface area contributed by atoms with Gasteiger partial charge in [0.15, 0.2) is 11.5 Å². The number of fused-ring (bicyclic) bond motifs is 1. The molecule has 0 amide bonds. The molecular formula is C14H21N6O10P3. The van der Waals surface area contributed by atoms with Gasteiger partial charge in [-0.15, -0.1) is 0 Å². The van der Waals surface area contributed by atoms with E-state index in [1.54, 1.807) is 4.57 Å². The molecular weight excluding hydrogens is 505 g/mol. The zero-order valence-corrected chi connectivity index (χ0v) is 19.5. The second kappa shape index (κ2) is 9.43.